The Hall–Kier alpha value is -1.75. The molecular weight excluding hydrogens is 222 g/mol. The second-order valence-electron chi connectivity index (χ2n) is 3.44. The molecule has 82 valence electrons. The fourth-order valence-corrected chi connectivity index (χ4v) is 1.87. The number of nitrogens with zero attached hydrogens (tertiary/aromatic N) is 2. The predicted octanol–water partition coefficient (Wildman–Crippen LogP) is 2.41. The summed E-state index contributed by atoms with van der Waals surface area (Å²) < 4.78 is 0. The van der Waals surface area contributed by atoms with Gasteiger partial charge >= 0.3 is 0 Å². The van der Waals surface area contributed by atoms with E-state index >= 15 is 0 Å². The lowest BCUT2D eigenvalue weighted by molar-refractivity contribution is 0.102. The van der Waals surface area contributed by atoms with E-state index in [2.05, 4.69) is 15.3 Å². The lowest BCUT2D eigenvalue weighted by Crippen LogP contribution is -2.12. The molecule has 2 heterocycles. The normalized spacial score (nSPS) is 10.1. The van der Waals surface area contributed by atoms with Crippen LogP contribution >= 0.6 is 11.3 Å². The molecule has 16 heavy (non-hydrogen) atoms. The van der Waals surface area contributed by atoms with Crippen LogP contribution in [0.25, 0.3) is 0 Å². The summed E-state index contributed by atoms with van der Waals surface area (Å²) in [6, 6.07) is 3.56. The first-order valence-electron chi connectivity index (χ1n) is 4.81. The fourth-order valence-electron chi connectivity index (χ4n) is 1.18. The molecule has 0 bridgehead atoms. The number of rotatable bonds is 2. The minimum absolute atomic E-state index is 0.179. The van der Waals surface area contributed by atoms with Crippen molar-refractivity contribution in [3.05, 3.63) is 40.7 Å². The van der Waals surface area contributed by atoms with Gasteiger partial charge in [0.1, 0.15) is 0 Å². The van der Waals surface area contributed by atoms with Crippen LogP contribution in [0.15, 0.2) is 23.7 Å². The Morgan fingerprint density at radius 3 is 2.69 bits per heavy atom. The number of hydrogen-bond acceptors (Lipinski definition) is 4. The minimum Gasteiger partial charge on any atom is -0.298 e. The van der Waals surface area contributed by atoms with E-state index in [9.17, 15) is 4.79 Å². The van der Waals surface area contributed by atoms with Crippen molar-refractivity contribution in [3.63, 3.8) is 0 Å². The second-order valence-corrected chi connectivity index (χ2v) is 4.29. The number of nitrogens with one attached hydrogen (secondary N) is 1. The number of anilines is 1. The number of aromatic nitrogens is 2. The highest BCUT2D eigenvalue weighted by molar-refractivity contribution is 7.13. The van der Waals surface area contributed by atoms with E-state index in [0.29, 0.717) is 10.7 Å². The third-order valence-corrected chi connectivity index (χ3v) is 2.89. The van der Waals surface area contributed by atoms with Crippen LogP contribution in [0.4, 0.5) is 5.13 Å². The molecule has 0 radical (unpaired) electrons. The second kappa shape index (κ2) is 4.40. The molecule has 0 spiro atoms. The average molecular weight is 233 g/mol. The highest BCUT2D eigenvalue weighted by Gasteiger charge is 2.07. The summed E-state index contributed by atoms with van der Waals surface area (Å²) in [5.74, 6) is -0.179. The number of thiazole rings is 1. The van der Waals surface area contributed by atoms with E-state index in [4.69, 9.17) is 0 Å². The van der Waals surface area contributed by atoms with E-state index in [1.165, 1.54) is 11.3 Å². The van der Waals surface area contributed by atoms with Crippen LogP contribution in [-0.2, 0) is 0 Å². The van der Waals surface area contributed by atoms with Gasteiger partial charge in [-0.25, -0.2) is 4.98 Å². The van der Waals surface area contributed by atoms with Gasteiger partial charge in [-0.15, -0.1) is 11.3 Å². The topological polar surface area (TPSA) is 54.9 Å². The summed E-state index contributed by atoms with van der Waals surface area (Å²) in [7, 11) is 0. The summed E-state index contributed by atoms with van der Waals surface area (Å²) in [5.41, 5.74) is 2.34. The smallest absolute Gasteiger partial charge is 0.259 e. The first-order chi connectivity index (χ1) is 7.65. The van der Waals surface area contributed by atoms with E-state index < -0.39 is 0 Å². The zero-order chi connectivity index (χ0) is 11.5. The zero-order valence-corrected chi connectivity index (χ0v) is 9.84. The van der Waals surface area contributed by atoms with Gasteiger partial charge < -0.3 is 0 Å². The Bertz CT molecular complexity index is 504. The van der Waals surface area contributed by atoms with Crippen molar-refractivity contribution in [1.82, 2.24) is 9.97 Å². The van der Waals surface area contributed by atoms with Gasteiger partial charge in [0.2, 0.25) is 0 Å². The van der Waals surface area contributed by atoms with Crippen molar-refractivity contribution >= 4 is 22.4 Å². The molecule has 2 aromatic heterocycles. The van der Waals surface area contributed by atoms with Gasteiger partial charge in [-0.1, -0.05) is 0 Å². The number of pyridine rings is 1. The summed E-state index contributed by atoms with van der Waals surface area (Å²) in [5, 5.41) is 5.23. The van der Waals surface area contributed by atoms with E-state index in [-0.39, 0.29) is 5.91 Å². The molecule has 0 fully saturated rings. The van der Waals surface area contributed by atoms with Crippen LogP contribution in [0.3, 0.4) is 0 Å². The number of carbonyl (C=O) groups excluding carboxylic acids is 1. The maximum atomic E-state index is 11.8. The van der Waals surface area contributed by atoms with E-state index in [1.807, 2.05) is 25.3 Å². The molecular formula is C11H11N3OS. The van der Waals surface area contributed by atoms with Gasteiger partial charge in [-0.3, -0.25) is 15.1 Å². The van der Waals surface area contributed by atoms with Crippen molar-refractivity contribution in [2.24, 2.45) is 0 Å². The molecule has 0 aliphatic carbocycles. The molecule has 0 aliphatic heterocycles. The van der Waals surface area contributed by atoms with Gasteiger partial charge in [0, 0.05) is 17.3 Å². The summed E-state index contributed by atoms with van der Waals surface area (Å²) in [6.45, 7) is 3.77. The van der Waals surface area contributed by atoms with Crippen LogP contribution < -0.4 is 5.32 Å². The molecule has 0 saturated carbocycles. The van der Waals surface area contributed by atoms with Crippen molar-refractivity contribution in [1.29, 1.82) is 0 Å². The number of amides is 1. The molecule has 5 heteroatoms. The molecule has 1 amide bonds. The number of carbonyl (C=O) groups is 1. The standard InChI is InChI=1S/C11H11N3OS/c1-7-3-4-9(5-12-7)10(15)14-11-13-8(2)6-16-11/h3-6H,1-2H3,(H,13,14,15). The van der Waals surface area contributed by atoms with Crippen molar-refractivity contribution < 1.29 is 4.79 Å². The molecule has 0 aromatic carbocycles. The molecule has 2 rings (SSSR count). The van der Waals surface area contributed by atoms with E-state index in [0.717, 1.165) is 11.4 Å². The molecule has 0 aliphatic rings. The SMILES string of the molecule is Cc1ccc(C(=O)Nc2nc(C)cs2)cn1. The highest BCUT2D eigenvalue weighted by Crippen LogP contribution is 2.15. The van der Waals surface area contributed by atoms with Crippen LogP contribution in [0, 0.1) is 13.8 Å². The molecule has 2 aromatic rings. The van der Waals surface area contributed by atoms with Crippen LogP contribution in [0.2, 0.25) is 0 Å². The number of hydrogen-bond donors (Lipinski definition) is 1. The van der Waals surface area contributed by atoms with Crippen LogP contribution in [0.1, 0.15) is 21.7 Å². The van der Waals surface area contributed by atoms with Gasteiger partial charge in [0.15, 0.2) is 5.13 Å². The third-order valence-electron chi connectivity index (χ3n) is 2.01. The Balaban J connectivity index is 2.11. The Labute approximate surface area is 97.4 Å². The Morgan fingerprint density at radius 2 is 2.12 bits per heavy atom. The van der Waals surface area contributed by atoms with Crippen molar-refractivity contribution in [2.75, 3.05) is 5.32 Å². The number of aryl methyl sites for hydroxylation is 2. The van der Waals surface area contributed by atoms with Gasteiger partial charge in [-0.05, 0) is 26.0 Å². The van der Waals surface area contributed by atoms with E-state index in [1.54, 1.807) is 12.3 Å². The zero-order valence-electron chi connectivity index (χ0n) is 9.02. The Morgan fingerprint density at radius 1 is 1.31 bits per heavy atom. The predicted molar refractivity (Wildman–Crippen MR) is 63.8 cm³/mol. The summed E-state index contributed by atoms with van der Waals surface area (Å²) in [4.78, 5) is 20.0. The largest absolute Gasteiger partial charge is 0.298 e. The van der Waals surface area contributed by atoms with Crippen LogP contribution in [0.5, 0.6) is 0 Å². The maximum Gasteiger partial charge on any atom is 0.259 e. The van der Waals surface area contributed by atoms with Gasteiger partial charge in [-0.2, -0.15) is 0 Å². The monoisotopic (exact) mass is 233 g/mol. The Kier molecular flexibility index (Phi) is 2.96. The average Bonchev–Trinajstić information content (AvgIpc) is 2.65. The maximum absolute atomic E-state index is 11.8. The highest BCUT2D eigenvalue weighted by atomic mass is 32.1. The van der Waals surface area contributed by atoms with Crippen LogP contribution in [-0.4, -0.2) is 15.9 Å². The molecule has 0 atom stereocenters. The fraction of sp³-hybridized carbons (Fsp3) is 0.182. The molecule has 1 N–H and O–H groups in total. The lowest BCUT2D eigenvalue weighted by atomic mass is 10.2. The summed E-state index contributed by atoms with van der Waals surface area (Å²) >= 11 is 1.41. The molecule has 0 saturated heterocycles. The first-order valence-corrected chi connectivity index (χ1v) is 5.69. The van der Waals surface area contributed by atoms with Gasteiger partial charge in [0.05, 0.1) is 11.3 Å². The minimum atomic E-state index is -0.179. The molecule has 4 nitrogen and oxygen atoms in total. The first kappa shape index (κ1) is 10.8. The quantitative estimate of drug-likeness (QED) is 0.866. The summed E-state index contributed by atoms with van der Waals surface area (Å²) in [6.07, 6.45) is 1.56. The lowest BCUT2D eigenvalue weighted by Gasteiger charge is -2.01. The molecule has 0 unspecified atom stereocenters. The van der Waals surface area contributed by atoms with Crippen molar-refractivity contribution in [2.45, 2.75) is 13.8 Å². The van der Waals surface area contributed by atoms with Gasteiger partial charge in [0.25, 0.3) is 5.91 Å². The van der Waals surface area contributed by atoms with Crippen molar-refractivity contribution in [3.8, 4) is 0 Å². The third kappa shape index (κ3) is 2.43.